The quantitative estimate of drug-likeness (QED) is 0.307. The second-order valence-electron chi connectivity index (χ2n) is 9.18. The molecule has 10 nitrogen and oxygen atoms in total. The molecule has 1 spiro atoms. The Morgan fingerprint density at radius 3 is 2.32 bits per heavy atom. The molecule has 0 saturated carbocycles. The first-order chi connectivity index (χ1) is 18.1. The number of amides is 1. The van der Waals surface area contributed by atoms with Gasteiger partial charge >= 0.3 is 17.9 Å². The zero-order chi connectivity index (χ0) is 27.8. The number of anilines is 1. The van der Waals surface area contributed by atoms with Crippen LogP contribution in [-0.4, -0.2) is 62.0 Å². The van der Waals surface area contributed by atoms with E-state index in [0.717, 1.165) is 14.2 Å². The molecule has 1 saturated heterocycles. The molecule has 2 aromatic rings. The summed E-state index contributed by atoms with van der Waals surface area (Å²) < 4.78 is 15.3. The molecule has 0 radical (unpaired) electrons. The third-order valence-electron chi connectivity index (χ3n) is 7.20. The van der Waals surface area contributed by atoms with Crippen LogP contribution in [0.15, 0.2) is 42.5 Å². The standard InChI is InChI=1S/C27H27ClN2O8/c1-5-38-23(33)21-20(22(32)15-7-9-16(28)10-8-15)27(17-12-14(2)6-11-18(17)29-24(27)34)26(30-21,25(35)37-4)13-19(31)36-3/h6-12,20-21,30H,5,13H2,1-4H3,(H,29,34)/t20-,21-,26+,27+/m1/s1. The number of carbonyl (C=O) groups excluding carboxylic acids is 5. The van der Waals surface area contributed by atoms with Gasteiger partial charge in [0.05, 0.1) is 33.2 Å². The smallest absolute Gasteiger partial charge is 0.328 e. The summed E-state index contributed by atoms with van der Waals surface area (Å²) in [5.41, 5.74) is -2.84. The molecule has 0 bridgehead atoms. The van der Waals surface area contributed by atoms with Gasteiger partial charge in [-0.1, -0.05) is 29.3 Å². The molecule has 2 heterocycles. The van der Waals surface area contributed by atoms with E-state index in [0.29, 0.717) is 16.3 Å². The highest BCUT2D eigenvalue weighted by atomic mass is 35.5. The molecule has 1 amide bonds. The number of carbonyl (C=O) groups is 5. The molecule has 2 aliphatic rings. The van der Waals surface area contributed by atoms with Crippen LogP contribution in [0.5, 0.6) is 0 Å². The zero-order valence-electron chi connectivity index (χ0n) is 21.3. The van der Waals surface area contributed by atoms with E-state index < -0.39 is 58.9 Å². The van der Waals surface area contributed by atoms with Crippen LogP contribution in [-0.2, 0) is 38.8 Å². The van der Waals surface area contributed by atoms with Crippen LogP contribution in [0, 0.1) is 12.8 Å². The number of hydrogen-bond donors (Lipinski definition) is 2. The van der Waals surface area contributed by atoms with Crippen molar-refractivity contribution >= 4 is 46.9 Å². The summed E-state index contributed by atoms with van der Waals surface area (Å²) in [5, 5.41) is 6.01. The lowest BCUT2D eigenvalue weighted by Crippen LogP contribution is -2.66. The maximum absolute atomic E-state index is 14.3. The zero-order valence-corrected chi connectivity index (χ0v) is 22.0. The maximum Gasteiger partial charge on any atom is 0.328 e. The number of ether oxygens (including phenoxy) is 3. The Morgan fingerprint density at radius 1 is 1.03 bits per heavy atom. The summed E-state index contributed by atoms with van der Waals surface area (Å²) >= 11 is 6.03. The highest BCUT2D eigenvalue weighted by molar-refractivity contribution is 6.30. The molecular weight excluding hydrogens is 516 g/mol. The second kappa shape index (κ2) is 10.2. The van der Waals surface area contributed by atoms with Gasteiger partial charge in [-0.25, -0.2) is 4.79 Å². The number of esters is 3. The van der Waals surface area contributed by atoms with E-state index in [1.54, 1.807) is 32.0 Å². The maximum atomic E-state index is 14.3. The first-order valence-corrected chi connectivity index (χ1v) is 12.3. The second-order valence-corrected chi connectivity index (χ2v) is 9.62. The topological polar surface area (TPSA) is 137 Å². The Balaban J connectivity index is 2.11. The van der Waals surface area contributed by atoms with Gasteiger partial charge in [-0.15, -0.1) is 0 Å². The van der Waals surface area contributed by atoms with Crippen molar-refractivity contribution in [2.45, 2.75) is 37.3 Å². The first-order valence-electron chi connectivity index (χ1n) is 11.9. The molecule has 11 heteroatoms. The number of methoxy groups -OCH3 is 2. The molecule has 38 heavy (non-hydrogen) atoms. The van der Waals surface area contributed by atoms with E-state index in [4.69, 9.17) is 25.8 Å². The molecule has 1 fully saturated rings. The number of nitrogens with one attached hydrogen (secondary N) is 2. The van der Waals surface area contributed by atoms with E-state index >= 15 is 0 Å². The lowest BCUT2D eigenvalue weighted by molar-refractivity contribution is -0.159. The molecule has 200 valence electrons. The van der Waals surface area contributed by atoms with Gasteiger partial charge in [0.1, 0.15) is 17.0 Å². The molecule has 0 aliphatic carbocycles. The third-order valence-corrected chi connectivity index (χ3v) is 7.46. The summed E-state index contributed by atoms with van der Waals surface area (Å²) in [4.78, 5) is 68.3. The lowest BCUT2D eigenvalue weighted by Gasteiger charge is -2.41. The van der Waals surface area contributed by atoms with Crippen molar-refractivity contribution in [2.75, 3.05) is 26.1 Å². The van der Waals surface area contributed by atoms with Crippen molar-refractivity contribution < 1.29 is 38.2 Å². The highest BCUT2D eigenvalue weighted by Crippen LogP contribution is 2.57. The van der Waals surface area contributed by atoms with E-state index in [2.05, 4.69) is 10.6 Å². The van der Waals surface area contributed by atoms with Crippen LogP contribution >= 0.6 is 11.6 Å². The third kappa shape index (κ3) is 3.95. The average Bonchev–Trinajstić information content (AvgIpc) is 3.37. The number of Topliss-reactive ketones (excluding diaryl/α,β-unsaturated/α-hetero) is 1. The SMILES string of the molecule is CCOC(=O)[C@@H]1N[C@@](CC(=O)OC)(C(=O)OC)[C@]2(C(=O)Nc3ccc(C)cc32)[C@H]1C(=O)c1ccc(Cl)cc1. The number of hydrogen-bond acceptors (Lipinski definition) is 9. The van der Waals surface area contributed by atoms with Crippen molar-refractivity contribution in [3.05, 3.63) is 64.2 Å². The molecule has 2 aromatic carbocycles. The van der Waals surface area contributed by atoms with Crippen molar-refractivity contribution in [3.8, 4) is 0 Å². The minimum Gasteiger partial charge on any atom is -0.469 e. The van der Waals surface area contributed by atoms with E-state index in [1.165, 1.54) is 24.3 Å². The molecule has 2 aliphatic heterocycles. The number of halogens is 1. The van der Waals surface area contributed by atoms with Gasteiger partial charge in [-0.2, -0.15) is 0 Å². The van der Waals surface area contributed by atoms with Crippen LogP contribution in [0.1, 0.15) is 34.8 Å². The fraction of sp³-hybridized carbons (Fsp3) is 0.370. The number of benzene rings is 2. The largest absolute Gasteiger partial charge is 0.469 e. The monoisotopic (exact) mass is 542 g/mol. The average molecular weight is 543 g/mol. The van der Waals surface area contributed by atoms with Crippen LogP contribution < -0.4 is 10.6 Å². The number of rotatable bonds is 7. The molecule has 4 rings (SSSR count). The summed E-state index contributed by atoms with van der Waals surface area (Å²) in [6.07, 6.45) is -0.711. The van der Waals surface area contributed by atoms with E-state index in [-0.39, 0.29) is 17.7 Å². The van der Waals surface area contributed by atoms with Gasteiger partial charge in [0.15, 0.2) is 5.78 Å². The number of fused-ring (bicyclic) bond motifs is 2. The van der Waals surface area contributed by atoms with Gasteiger partial charge < -0.3 is 19.5 Å². The fourth-order valence-corrected chi connectivity index (χ4v) is 5.79. The van der Waals surface area contributed by atoms with Gasteiger partial charge in [-0.05, 0) is 49.7 Å². The van der Waals surface area contributed by atoms with Crippen LogP contribution in [0.3, 0.4) is 0 Å². The first kappa shape index (κ1) is 27.3. The number of aryl methyl sites for hydroxylation is 1. The van der Waals surface area contributed by atoms with Gasteiger partial charge in [-0.3, -0.25) is 24.5 Å². The van der Waals surface area contributed by atoms with Crippen LogP contribution in [0.25, 0.3) is 0 Å². The van der Waals surface area contributed by atoms with Gasteiger partial charge in [0.25, 0.3) is 0 Å². The van der Waals surface area contributed by atoms with Gasteiger partial charge in [0.2, 0.25) is 5.91 Å². The minimum atomic E-state index is -2.21. The molecule has 2 N–H and O–H groups in total. The Kier molecular flexibility index (Phi) is 7.31. The van der Waals surface area contributed by atoms with Gasteiger partial charge in [0, 0.05) is 16.3 Å². The van der Waals surface area contributed by atoms with Crippen molar-refractivity contribution in [1.82, 2.24) is 5.32 Å². The summed E-state index contributed by atoms with van der Waals surface area (Å²) in [6, 6.07) is 9.46. The van der Waals surface area contributed by atoms with E-state index in [9.17, 15) is 24.0 Å². The van der Waals surface area contributed by atoms with Crippen LogP contribution in [0.4, 0.5) is 5.69 Å². The normalized spacial score (nSPS) is 25.4. The highest BCUT2D eigenvalue weighted by Gasteiger charge is 2.78. The summed E-state index contributed by atoms with van der Waals surface area (Å²) in [5.74, 6) is -5.66. The van der Waals surface area contributed by atoms with Crippen molar-refractivity contribution in [3.63, 3.8) is 0 Å². The Hall–Kier alpha value is -3.76. The minimum absolute atomic E-state index is 0.0318. The Bertz CT molecular complexity index is 1330. The summed E-state index contributed by atoms with van der Waals surface area (Å²) in [7, 11) is 2.22. The molecule has 0 unspecified atom stereocenters. The lowest BCUT2D eigenvalue weighted by atomic mass is 9.58. The number of ketones is 1. The molecule has 0 aromatic heterocycles. The van der Waals surface area contributed by atoms with Crippen LogP contribution in [0.2, 0.25) is 5.02 Å². The summed E-state index contributed by atoms with van der Waals surface area (Å²) in [6.45, 7) is 3.33. The van der Waals surface area contributed by atoms with E-state index in [1.807, 2.05) is 0 Å². The van der Waals surface area contributed by atoms with Crippen molar-refractivity contribution in [1.29, 1.82) is 0 Å². The Labute approximate surface area is 224 Å². The predicted octanol–water partition coefficient (Wildman–Crippen LogP) is 2.35. The molecule has 4 atom stereocenters. The molecular formula is C27H27ClN2O8. The predicted molar refractivity (Wildman–Crippen MR) is 136 cm³/mol. The van der Waals surface area contributed by atoms with Crippen molar-refractivity contribution in [2.24, 2.45) is 5.92 Å². The Morgan fingerprint density at radius 2 is 1.71 bits per heavy atom. The fourth-order valence-electron chi connectivity index (χ4n) is 5.66.